The molecule has 0 aliphatic carbocycles. The molecule has 0 bridgehead atoms. The molecule has 108 valence electrons. The van der Waals surface area contributed by atoms with Crippen molar-refractivity contribution in [2.24, 2.45) is 5.84 Å². The van der Waals surface area contributed by atoms with Crippen molar-refractivity contribution < 1.29 is 8.42 Å². The smallest absolute Gasteiger partial charge is 0.244 e. The zero-order valence-electron chi connectivity index (χ0n) is 11.1. The molecule has 0 spiro atoms. The molecule has 0 aliphatic rings. The number of hydrazine groups is 1. The number of aryl methyl sites for hydroxylation is 1. The molecule has 0 unspecified atom stereocenters. The van der Waals surface area contributed by atoms with Gasteiger partial charge in [-0.1, -0.05) is 0 Å². The lowest BCUT2D eigenvalue weighted by atomic mass is 10.5. The van der Waals surface area contributed by atoms with Crippen LogP contribution < -0.4 is 11.3 Å². The maximum atomic E-state index is 12.4. The number of pyridine rings is 1. The molecular formula is C11H15N5O2S2. The van der Waals surface area contributed by atoms with Gasteiger partial charge in [-0.3, -0.25) is 0 Å². The molecule has 0 atom stereocenters. The molecule has 2 rings (SSSR count). The van der Waals surface area contributed by atoms with Crippen LogP contribution in [0, 0.1) is 6.92 Å². The van der Waals surface area contributed by atoms with Crippen molar-refractivity contribution in [1.82, 2.24) is 14.3 Å². The SMILES string of the molecule is Cc1nc(CN(C)S(=O)(=O)c2ccc(NN)nc2)cs1. The Hall–Kier alpha value is -1.55. The van der Waals surface area contributed by atoms with Crippen molar-refractivity contribution in [3.05, 3.63) is 34.4 Å². The highest BCUT2D eigenvalue weighted by molar-refractivity contribution is 7.89. The maximum Gasteiger partial charge on any atom is 0.244 e. The number of aromatic nitrogens is 2. The molecule has 0 amide bonds. The van der Waals surface area contributed by atoms with E-state index in [0.29, 0.717) is 5.82 Å². The van der Waals surface area contributed by atoms with Crippen LogP contribution in [0.4, 0.5) is 5.82 Å². The van der Waals surface area contributed by atoms with Gasteiger partial charge in [-0.25, -0.2) is 24.2 Å². The van der Waals surface area contributed by atoms with E-state index in [0.717, 1.165) is 10.7 Å². The van der Waals surface area contributed by atoms with Crippen LogP contribution >= 0.6 is 11.3 Å². The Morgan fingerprint density at radius 1 is 1.45 bits per heavy atom. The second-order valence-corrected chi connectivity index (χ2v) is 7.25. The van der Waals surface area contributed by atoms with Gasteiger partial charge in [0.15, 0.2) is 0 Å². The fourth-order valence-corrected chi connectivity index (χ4v) is 3.28. The number of nitrogen functional groups attached to an aromatic ring is 1. The van der Waals surface area contributed by atoms with Crippen molar-refractivity contribution in [3.63, 3.8) is 0 Å². The molecule has 3 N–H and O–H groups in total. The van der Waals surface area contributed by atoms with Crippen molar-refractivity contribution in [2.45, 2.75) is 18.4 Å². The zero-order chi connectivity index (χ0) is 14.8. The molecule has 7 nitrogen and oxygen atoms in total. The zero-order valence-corrected chi connectivity index (χ0v) is 12.7. The minimum Gasteiger partial charge on any atom is -0.308 e. The average Bonchev–Trinajstić information content (AvgIpc) is 2.84. The summed E-state index contributed by atoms with van der Waals surface area (Å²) >= 11 is 1.49. The Labute approximate surface area is 121 Å². The van der Waals surface area contributed by atoms with Gasteiger partial charge in [-0.05, 0) is 19.1 Å². The van der Waals surface area contributed by atoms with E-state index in [-0.39, 0.29) is 11.4 Å². The van der Waals surface area contributed by atoms with Gasteiger partial charge in [-0.2, -0.15) is 4.31 Å². The van der Waals surface area contributed by atoms with E-state index in [4.69, 9.17) is 5.84 Å². The highest BCUT2D eigenvalue weighted by Crippen LogP contribution is 2.18. The molecule has 0 radical (unpaired) electrons. The van der Waals surface area contributed by atoms with E-state index in [1.165, 1.54) is 41.0 Å². The summed E-state index contributed by atoms with van der Waals surface area (Å²) < 4.78 is 25.9. The van der Waals surface area contributed by atoms with E-state index >= 15 is 0 Å². The van der Waals surface area contributed by atoms with Crippen molar-refractivity contribution in [3.8, 4) is 0 Å². The molecule has 0 fully saturated rings. The number of nitrogens with zero attached hydrogens (tertiary/aromatic N) is 3. The second kappa shape index (κ2) is 5.83. The van der Waals surface area contributed by atoms with Gasteiger partial charge in [-0.15, -0.1) is 11.3 Å². The summed E-state index contributed by atoms with van der Waals surface area (Å²) in [5.41, 5.74) is 3.08. The van der Waals surface area contributed by atoms with Crippen molar-refractivity contribution >= 4 is 27.2 Å². The quantitative estimate of drug-likeness (QED) is 0.629. The van der Waals surface area contributed by atoms with Crippen LogP contribution in [0.25, 0.3) is 0 Å². The van der Waals surface area contributed by atoms with Crippen molar-refractivity contribution in [1.29, 1.82) is 0 Å². The van der Waals surface area contributed by atoms with E-state index in [2.05, 4.69) is 15.4 Å². The van der Waals surface area contributed by atoms with Crippen molar-refractivity contribution in [2.75, 3.05) is 12.5 Å². The Morgan fingerprint density at radius 2 is 2.20 bits per heavy atom. The van der Waals surface area contributed by atoms with Crippen LogP contribution in [0.1, 0.15) is 10.7 Å². The molecule has 0 saturated carbocycles. The number of sulfonamides is 1. The monoisotopic (exact) mass is 313 g/mol. The molecule has 2 aromatic heterocycles. The first kappa shape index (κ1) is 14.9. The molecule has 9 heteroatoms. The summed E-state index contributed by atoms with van der Waals surface area (Å²) in [6.45, 7) is 2.11. The van der Waals surface area contributed by atoms with Gasteiger partial charge in [0.2, 0.25) is 10.0 Å². The lowest BCUT2D eigenvalue weighted by molar-refractivity contribution is 0.462. The van der Waals surface area contributed by atoms with Crippen LogP contribution in [0.15, 0.2) is 28.6 Å². The molecule has 0 aliphatic heterocycles. The number of rotatable bonds is 5. The minimum atomic E-state index is -3.59. The summed E-state index contributed by atoms with van der Waals surface area (Å²) in [4.78, 5) is 8.27. The topological polar surface area (TPSA) is 101 Å². The summed E-state index contributed by atoms with van der Waals surface area (Å²) in [6, 6.07) is 2.97. The lowest BCUT2D eigenvalue weighted by Crippen LogP contribution is -2.26. The summed E-state index contributed by atoms with van der Waals surface area (Å²) in [6.07, 6.45) is 1.27. The summed E-state index contributed by atoms with van der Waals surface area (Å²) in [5, 5.41) is 2.76. The Morgan fingerprint density at radius 3 is 2.70 bits per heavy atom. The third kappa shape index (κ3) is 3.12. The number of nitrogens with two attached hydrogens (primary N) is 1. The van der Waals surface area contributed by atoms with Gasteiger partial charge in [0.25, 0.3) is 0 Å². The first-order valence-corrected chi connectivity index (χ1v) is 8.05. The lowest BCUT2D eigenvalue weighted by Gasteiger charge is -2.15. The minimum absolute atomic E-state index is 0.117. The third-order valence-electron chi connectivity index (χ3n) is 2.64. The highest BCUT2D eigenvalue weighted by atomic mass is 32.2. The van der Waals surface area contributed by atoms with Gasteiger partial charge in [0.05, 0.1) is 17.2 Å². The van der Waals surface area contributed by atoms with E-state index in [1.54, 1.807) is 0 Å². The normalized spacial score (nSPS) is 11.8. The average molecular weight is 313 g/mol. The fourth-order valence-electron chi connectivity index (χ4n) is 1.59. The van der Waals surface area contributed by atoms with E-state index < -0.39 is 10.0 Å². The predicted octanol–water partition coefficient (Wildman–Crippen LogP) is 0.953. The van der Waals surface area contributed by atoms with E-state index in [1.807, 2.05) is 12.3 Å². The molecular weight excluding hydrogens is 298 g/mol. The molecule has 2 aromatic rings. The number of nitrogens with one attached hydrogen (secondary N) is 1. The number of hydrogen-bond acceptors (Lipinski definition) is 7. The largest absolute Gasteiger partial charge is 0.308 e. The Kier molecular flexibility index (Phi) is 4.33. The van der Waals surface area contributed by atoms with Crippen LogP contribution in [0.5, 0.6) is 0 Å². The summed E-state index contributed by atoms with van der Waals surface area (Å²) in [5.74, 6) is 5.60. The summed E-state index contributed by atoms with van der Waals surface area (Å²) in [7, 11) is -2.07. The molecule has 0 saturated heterocycles. The van der Waals surface area contributed by atoms with Gasteiger partial charge >= 0.3 is 0 Å². The van der Waals surface area contributed by atoms with Gasteiger partial charge in [0, 0.05) is 18.6 Å². The number of hydrogen-bond donors (Lipinski definition) is 2. The van der Waals surface area contributed by atoms with Gasteiger partial charge < -0.3 is 5.43 Å². The maximum absolute atomic E-state index is 12.4. The Bertz CT molecular complexity index is 681. The van der Waals surface area contributed by atoms with Crippen LogP contribution in [-0.4, -0.2) is 29.7 Å². The van der Waals surface area contributed by atoms with Crippen LogP contribution in [0.2, 0.25) is 0 Å². The molecule has 0 aromatic carbocycles. The first-order chi connectivity index (χ1) is 9.43. The third-order valence-corrected chi connectivity index (χ3v) is 5.25. The molecule has 2 heterocycles. The van der Waals surface area contributed by atoms with Crippen LogP contribution in [-0.2, 0) is 16.6 Å². The second-order valence-electron chi connectivity index (χ2n) is 4.14. The standard InChI is InChI=1S/C11H15N5O2S2/c1-8-14-9(7-19-8)6-16(2)20(17,18)10-3-4-11(15-12)13-5-10/h3-5,7H,6,12H2,1-2H3,(H,13,15). The highest BCUT2D eigenvalue weighted by Gasteiger charge is 2.22. The van der Waals surface area contributed by atoms with E-state index in [9.17, 15) is 8.42 Å². The fraction of sp³-hybridized carbons (Fsp3) is 0.273. The van der Waals surface area contributed by atoms with Gasteiger partial charge in [0.1, 0.15) is 10.7 Å². The molecule has 20 heavy (non-hydrogen) atoms. The predicted molar refractivity (Wildman–Crippen MR) is 77.6 cm³/mol. The Balaban J connectivity index is 2.19. The number of thiazole rings is 1. The number of anilines is 1. The van der Waals surface area contributed by atoms with Crippen LogP contribution in [0.3, 0.4) is 0 Å². The first-order valence-electron chi connectivity index (χ1n) is 5.73.